The van der Waals surface area contributed by atoms with Crippen LogP contribution in [0.25, 0.3) is 0 Å². The van der Waals surface area contributed by atoms with Crippen LogP contribution in [0.4, 0.5) is 0 Å². The monoisotopic (exact) mass is 304 g/mol. The second-order valence-electron chi connectivity index (χ2n) is 8.75. The normalized spacial score (nSPS) is 51.4. The zero-order valence-corrected chi connectivity index (χ0v) is 13.9. The van der Waals surface area contributed by atoms with Crippen molar-refractivity contribution in [3.8, 4) is 0 Å². The Bertz CT molecular complexity index is 513. The number of ether oxygens (including phenoxy) is 1. The molecule has 0 bridgehead atoms. The Balaban J connectivity index is 1.66. The molecular formula is C19H28O3. The fraction of sp³-hybridized carbons (Fsp3) is 0.895. The molecule has 6 atom stereocenters. The van der Waals surface area contributed by atoms with E-state index in [-0.39, 0.29) is 16.8 Å². The van der Waals surface area contributed by atoms with Gasteiger partial charge in [0.2, 0.25) is 0 Å². The van der Waals surface area contributed by atoms with Crippen LogP contribution in [0.15, 0.2) is 0 Å². The molecule has 0 aromatic rings. The van der Waals surface area contributed by atoms with Gasteiger partial charge in [-0.05, 0) is 67.6 Å². The van der Waals surface area contributed by atoms with E-state index in [2.05, 4.69) is 13.8 Å². The van der Waals surface area contributed by atoms with Gasteiger partial charge in [-0.2, -0.15) is 0 Å². The van der Waals surface area contributed by atoms with Gasteiger partial charge in [-0.1, -0.05) is 13.8 Å². The van der Waals surface area contributed by atoms with Crippen molar-refractivity contribution in [3.63, 3.8) is 0 Å². The smallest absolute Gasteiger partial charge is 0.306 e. The minimum Gasteiger partial charge on any atom is -0.466 e. The summed E-state index contributed by atoms with van der Waals surface area (Å²) in [5.41, 5.74) is 0.198. The molecule has 4 aliphatic rings. The predicted molar refractivity (Wildman–Crippen MR) is 83.1 cm³/mol. The molecule has 3 aliphatic carbocycles. The van der Waals surface area contributed by atoms with E-state index in [1.165, 1.54) is 12.8 Å². The molecule has 0 aromatic heterocycles. The third-order valence-corrected chi connectivity index (χ3v) is 8.09. The largest absolute Gasteiger partial charge is 0.466 e. The maximum Gasteiger partial charge on any atom is 0.306 e. The van der Waals surface area contributed by atoms with Crippen molar-refractivity contribution in [3.05, 3.63) is 0 Å². The van der Waals surface area contributed by atoms with Crippen LogP contribution in [0, 0.1) is 34.5 Å². The van der Waals surface area contributed by atoms with Gasteiger partial charge in [-0.3, -0.25) is 9.59 Å². The molecule has 1 heterocycles. The highest BCUT2D eigenvalue weighted by Gasteiger charge is 2.59. The van der Waals surface area contributed by atoms with Gasteiger partial charge in [-0.25, -0.2) is 0 Å². The van der Waals surface area contributed by atoms with E-state index < -0.39 is 0 Å². The first kappa shape index (κ1) is 14.7. The SMILES string of the molecule is CC12CCC3C(CCC4CC(=O)OCCC43C)C1CCC2=O. The molecule has 1 aliphatic heterocycles. The van der Waals surface area contributed by atoms with E-state index in [1.807, 2.05) is 0 Å². The maximum atomic E-state index is 12.4. The number of carbonyl (C=O) groups excluding carboxylic acids is 2. The van der Waals surface area contributed by atoms with Crippen molar-refractivity contribution in [2.24, 2.45) is 34.5 Å². The highest BCUT2D eigenvalue weighted by molar-refractivity contribution is 5.87. The van der Waals surface area contributed by atoms with Gasteiger partial charge in [0, 0.05) is 18.3 Å². The van der Waals surface area contributed by atoms with E-state index >= 15 is 0 Å². The average molecular weight is 304 g/mol. The third-order valence-electron chi connectivity index (χ3n) is 8.09. The average Bonchev–Trinajstić information content (AvgIpc) is 2.68. The Kier molecular flexibility index (Phi) is 3.22. The van der Waals surface area contributed by atoms with Gasteiger partial charge in [0.15, 0.2) is 0 Å². The van der Waals surface area contributed by atoms with Crippen LogP contribution in [-0.2, 0) is 14.3 Å². The standard InChI is InChI=1S/C19H28O3/c1-18-9-10-22-17(21)11-12(18)3-4-13-14-5-6-16(20)19(14,2)8-7-15(13)18/h12-15H,3-11H2,1-2H3. The summed E-state index contributed by atoms with van der Waals surface area (Å²) in [6.45, 7) is 5.24. The van der Waals surface area contributed by atoms with Gasteiger partial charge in [0.25, 0.3) is 0 Å². The first-order valence-corrected chi connectivity index (χ1v) is 9.14. The molecule has 3 saturated carbocycles. The second-order valence-corrected chi connectivity index (χ2v) is 8.75. The molecule has 6 unspecified atom stereocenters. The van der Waals surface area contributed by atoms with Crippen LogP contribution in [0.3, 0.4) is 0 Å². The van der Waals surface area contributed by atoms with Crippen LogP contribution in [0.5, 0.6) is 0 Å². The number of esters is 1. The van der Waals surface area contributed by atoms with Crippen molar-refractivity contribution in [1.82, 2.24) is 0 Å². The number of hydrogen-bond donors (Lipinski definition) is 0. The van der Waals surface area contributed by atoms with E-state index in [0.717, 1.165) is 32.1 Å². The molecule has 0 radical (unpaired) electrons. The summed E-state index contributed by atoms with van der Waals surface area (Å²) < 4.78 is 5.37. The summed E-state index contributed by atoms with van der Waals surface area (Å²) in [5.74, 6) is 2.98. The summed E-state index contributed by atoms with van der Waals surface area (Å²) in [7, 11) is 0. The molecule has 22 heavy (non-hydrogen) atoms. The van der Waals surface area contributed by atoms with Crippen molar-refractivity contribution in [2.45, 2.75) is 65.2 Å². The van der Waals surface area contributed by atoms with Crippen LogP contribution >= 0.6 is 0 Å². The summed E-state index contributed by atoms with van der Waals surface area (Å²) in [6, 6.07) is 0. The highest BCUT2D eigenvalue weighted by Crippen LogP contribution is 2.64. The number of carbonyl (C=O) groups is 2. The van der Waals surface area contributed by atoms with Crippen LogP contribution in [0.2, 0.25) is 0 Å². The van der Waals surface area contributed by atoms with Gasteiger partial charge in [0.1, 0.15) is 5.78 Å². The number of Topliss-reactive ketones (excluding diaryl/α,β-unsaturated/α-hetero) is 1. The molecule has 4 fully saturated rings. The minimum atomic E-state index is -0.0403. The second kappa shape index (κ2) is 4.82. The van der Waals surface area contributed by atoms with Crippen LogP contribution in [-0.4, -0.2) is 18.4 Å². The predicted octanol–water partition coefficient (Wildman–Crippen LogP) is 3.75. The summed E-state index contributed by atoms with van der Waals surface area (Å²) >= 11 is 0. The molecule has 3 heteroatoms. The zero-order chi connectivity index (χ0) is 15.5. The van der Waals surface area contributed by atoms with Crippen molar-refractivity contribution in [1.29, 1.82) is 0 Å². The van der Waals surface area contributed by atoms with E-state index in [0.29, 0.717) is 42.5 Å². The fourth-order valence-electron chi connectivity index (χ4n) is 6.68. The zero-order valence-electron chi connectivity index (χ0n) is 13.9. The lowest BCUT2D eigenvalue weighted by molar-refractivity contribution is -0.143. The van der Waals surface area contributed by atoms with Gasteiger partial charge in [0.05, 0.1) is 6.61 Å². The van der Waals surface area contributed by atoms with Crippen molar-refractivity contribution in [2.75, 3.05) is 6.61 Å². The molecular weight excluding hydrogens is 276 g/mol. The van der Waals surface area contributed by atoms with Crippen LogP contribution in [0.1, 0.15) is 65.2 Å². The molecule has 122 valence electrons. The Morgan fingerprint density at radius 3 is 2.64 bits per heavy atom. The lowest BCUT2D eigenvalue weighted by Crippen LogP contribution is -2.52. The van der Waals surface area contributed by atoms with Crippen LogP contribution < -0.4 is 0 Å². The van der Waals surface area contributed by atoms with E-state index in [1.54, 1.807) is 0 Å². The van der Waals surface area contributed by atoms with Gasteiger partial charge < -0.3 is 4.74 Å². The van der Waals surface area contributed by atoms with Gasteiger partial charge in [-0.15, -0.1) is 0 Å². The number of cyclic esters (lactones) is 1. The Morgan fingerprint density at radius 1 is 1.00 bits per heavy atom. The number of fused-ring (bicyclic) bond motifs is 5. The lowest BCUT2D eigenvalue weighted by Gasteiger charge is -2.57. The maximum absolute atomic E-state index is 12.4. The number of hydrogen-bond acceptors (Lipinski definition) is 3. The number of ketones is 1. The third kappa shape index (κ3) is 1.86. The topological polar surface area (TPSA) is 43.4 Å². The molecule has 4 rings (SSSR count). The summed E-state index contributed by atoms with van der Waals surface area (Å²) in [4.78, 5) is 24.3. The van der Waals surface area contributed by atoms with E-state index in [4.69, 9.17) is 4.74 Å². The first-order chi connectivity index (χ1) is 10.4. The Labute approximate surface area is 133 Å². The first-order valence-electron chi connectivity index (χ1n) is 9.14. The summed E-state index contributed by atoms with van der Waals surface area (Å²) in [5, 5.41) is 0. The Hall–Kier alpha value is -0.860. The minimum absolute atomic E-state index is 0.00358. The summed E-state index contributed by atoms with van der Waals surface area (Å²) in [6.07, 6.45) is 8.12. The molecule has 0 amide bonds. The molecule has 0 spiro atoms. The molecule has 3 nitrogen and oxygen atoms in total. The van der Waals surface area contributed by atoms with Crippen molar-refractivity contribution >= 4 is 11.8 Å². The molecule has 0 aromatic carbocycles. The molecule has 0 N–H and O–H groups in total. The quantitative estimate of drug-likeness (QED) is 0.640. The number of rotatable bonds is 0. The fourth-order valence-corrected chi connectivity index (χ4v) is 6.68. The molecule has 1 saturated heterocycles. The Morgan fingerprint density at radius 2 is 1.82 bits per heavy atom. The van der Waals surface area contributed by atoms with Gasteiger partial charge >= 0.3 is 5.97 Å². The lowest BCUT2D eigenvalue weighted by atomic mass is 9.47. The van der Waals surface area contributed by atoms with Crippen molar-refractivity contribution < 1.29 is 14.3 Å². The van der Waals surface area contributed by atoms with E-state index in [9.17, 15) is 9.59 Å². The highest BCUT2D eigenvalue weighted by atomic mass is 16.5.